The number of methoxy groups -OCH3 is 1. The van der Waals surface area contributed by atoms with Gasteiger partial charge in [-0.05, 0) is 41.8 Å². The largest absolute Gasteiger partial charge is 0.495 e. The molecule has 166 valence electrons. The van der Waals surface area contributed by atoms with Crippen molar-refractivity contribution in [2.24, 2.45) is 0 Å². The van der Waals surface area contributed by atoms with E-state index < -0.39 is 0 Å². The monoisotopic (exact) mass is 432 g/mol. The lowest BCUT2D eigenvalue weighted by Gasteiger charge is -2.21. The van der Waals surface area contributed by atoms with Crippen LogP contribution in [-0.2, 0) is 24.3 Å². The fourth-order valence-corrected chi connectivity index (χ4v) is 3.68. The van der Waals surface area contributed by atoms with Crippen LogP contribution in [0.25, 0.3) is 0 Å². The number of nitrogens with one attached hydrogen (secondary N) is 1. The number of carbonyl (C=O) groups is 1. The Morgan fingerprint density at radius 2 is 1.84 bits per heavy atom. The van der Waals surface area contributed by atoms with Crippen LogP contribution < -0.4 is 14.8 Å². The van der Waals surface area contributed by atoms with Gasteiger partial charge in [0, 0.05) is 5.56 Å². The average molecular weight is 433 g/mol. The molecule has 3 aromatic carbocycles. The molecular weight excluding hydrogens is 404 g/mol. The normalized spacial score (nSPS) is 13.0. The van der Waals surface area contributed by atoms with Gasteiger partial charge < -0.3 is 24.4 Å². The molecule has 0 saturated carbocycles. The van der Waals surface area contributed by atoms with Gasteiger partial charge in [0.1, 0.15) is 18.1 Å². The highest BCUT2D eigenvalue weighted by molar-refractivity contribution is 5.91. The van der Waals surface area contributed by atoms with Gasteiger partial charge in [0.15, 0.2) is 0 Å². The Morgan fingerprint density at radius 3 is 2.69 bits per heavy atom. The van der Waals surface area contributed by atoms with Crippen LogP contribution in [0, 0.1) is 0 Å². The predicted octanol–water partition coefficient (Wildman–Crippen LogP) is 4.88. The van der Waals surface area contributed by atoms with Crippen molar-refractivity contribution in [2.75, 3.05) is 32.2 Å². The Kier molecular flexibility index (Phi) is 7.25. The SMILES string of the molecule is COc1ccccc1NC(=O)N1CCOc2ccc(COCCc3ccccc3)cc2C1. The van der Waals surface area contributed by atoms with Gasteiger partial charge >= 0.3 is 6.03 Å². The van der Waals surface area contributed by atoms with Crippen molar-refractivity contribution in [1.82, 2.24) is 4.90 Å². The fraction of sp³-hybridized carbons (Fsp3) is 0.269. The number of anilines is 1. The van der Waals surface area contributed by atoms with Gasteiger partial charge in [0.2, 0.25) is 0 Å². The molecule has 0 aliphatic carbocycles. The lowest BCUT2D eigenvalue weighted by molar-refractivity contribution is 0.123. The van der Waals surface area contributed by atoms with E-state index in [1.807, 2.05) is 54.6 Å². The number of benzene rings is 3. The van der Waals surface area contributed by atoms with Crippen molar-refractivity contribution in [3.63, 3.8) is 0 Å². The van der Waals surface area contributed by atoms with E-state index in [0.29, 0.717) is 44.3 Å². The van der Waals surface area contributed by atoms with Gasteiger partial charge in [-0.15, -0.1) is 0 Å². The van der Waals surface area contributed by atoms with E-state index in [1.165, 1.54) is 5.56 Å². The zero-order valence-electron chi connectivity index (χ0n) is 18.3. The van der Waals surface area contributed by atoms with Gasteiger partial charge in [-0.2, -0.15) is 0 Å². The summed E-state index contributed by atoms with van der Waals surface area (Å²) in [4.78, 5) is 14.7. The Balaban J connectivity index is 1.36. The molecule has 0 radical (unpaired) electrons. The first kappa shape index (κ1) is 21.7. The molecule has 1 N–H and O–H groups in total. The number of urea groups is 1. The number of fused-ring (bicyclic) bond motifs is 1. The van der Waals surface area contributed by atoms with Crippen LogP contribution in [0.4, 0.5) is 10.5 Å². The lowest BCUT2D eigenvalue weighted by Crippen LogP contribution is -2.36. The predicted molar refractivity (Wildman–Crippen MR) is 124 cm³/mol. The van der Waals surface area contributed by atoms with Crippen LogP contribution in [0.15, 0.2) is 72.8 Å². The summed E-state index contributed by atoms with van der Waals surface area (Å²) in [6.45, 7) is 2.59. The minimum Gasteiger partial charge on any atom is -0.495 e. The van der Waals surface area contributed by atoms with Gasteiger partial charge in [0.25, 0.3) is 0 Å². The quantitative estimate of drug-likeness (QED) is 0.541. The summed E-state index contributed by atoms with van der Waals surface area (Å²) < 4.78 is 17.1. The molecule has 0 unspecified atom stereocenters. The number of hydrogen-bond acceptors (Lipinski definition) is 4. The zero-order valence-corrected chi connectivity index (χ0v) is 18.3. The van der Waals surface area contributed by atoms with Gasteiger partial charge in [0.05, 0.1) is 39.1 Å². The second-order valence-electron chi connectivity index (χ2n) is 7.63. The summed E-state index contributed by atoms with van der Waals surface area (Å²) in [5.41, 5.74) is 3.94. The van der Waals surface area contributed by atoms with Crippen LogP contribution in [0.1, 0.15) is 16.7 Å². The lowest BCUT2D eigenvalue weighted by atomic mass is 10.1. The number of carbonyl (C=O) groups excluding carboxylic acids is 1. The Morgan fingerprint density at radius 1 is 1.03 bits per heavy atom. The molecule has 0 fully saturated rings. The molecule has 6 nitrogen and oxygen atoms in total. The summed E-state index contributed by atoms with van der Waals surface area (Å²) >= 11 is 0. The summed E-state index contributed by atoms with van der Waals surface area (Å²) in [5, 5.41) is 2.94. The van der Waals surface area contributed by atoms with Crippen molar-refractivity contribution in [2.45, 2.75) is 19.6 Å². The molecule has 3 aromatic rings. The summed E-state index contributed by atoms with van der Waals surface area (Å²) in [6.07, 6.45) is 0.881. The van der Waals surface area contributed by atoms with E-state index in [-0.39, 0.29) is 6.03 Å². The first-order valence-electron chi connectivity index (χ1n) is 10.8. The van der Waals surface area contributed by atoms with Crippen molar-refractivity contribution in [3.05, 3.63) is 89.5 Å². The van der Waals surface area contributed by atoms with Gasteiger partial charge in [-0.1, -0.05) is 48.5 Å². The maximum atomic E-state index is 12.9. The molecule has 2 amide bonds. The molecule has 0 spiro atoms. The van der Waals surface area contributed by atoms with Gasteiger partial charge in [-0.3, -0.25) is 0 Å². The minimum atomic E-state index is -0.185. The second-order valence-corrected chi connectivity index (χ2v) is 7.63. The number of amides is 2. The second kappa shape index (κ2) is 10.7. The van der Waals surface area contributed by atoms with Crippen molar-refractivity contribution < 1.29 is 19.0 Å². The van der Waals surface area contributed by atoms with Gasteiger partial charge in [-0.25, -0.2) is 4.79 Å². The minimum absolute atomic E-state index is 0.185. The molecule has 1 heterocycles. The van der Waals surface area contributed by atoms with E-state index in [2.05, 4.69) is 23.5 Å². The number of nitrogens with zero attached hydrogens (tertiary/aromatic N) is 1. The summed E-state index contributed by atoms with van der Waals surface area (Å²) in [6, 6.07) is 23.5. The highest BCUT2D eigenvalue weighted by Gasteiger charge is 2.21. The van der Waals surface area contributed by atoms with Crippen LogP contribution in [-0.4, -0.2) is 37.8 Å². The van der Waals surface area contributed by atoms with Crippen molar-refractivity contribution >= 4 is 11.7 Å². The van der Waals surface area contributed by atoms with E-state index in [4.69, 9.17) is 14.2 Å². The molecule has 0 saturated heterocycles. The maximum absolute atomic E-state index is 12.9. The third-order valence-corrected chi connectivity index (χ3v) is 5.39. The van der Waals surface area contributed by atoms with Crippen molar-refractivity contribution in [1.29, 1.82) is 0 Å². The van der Waals surface area contributed by atoms with Crippen molar-refractivity contribution in [3.8, 4) is 11.5 Å². The molecule has 6 heteroatoms. The zero-order chi connectivity index (χ0) is 22.2. The molecule has 0 aromatic heterocycles. The summed E-state index contributed by atoms with van der Waals surface area (Å²) in [5.74, 6) is 1.44. The van der Waals surface area contributed by atoms with Crippen LogP contribution >= 0.6 is 0 Å². The fourth-order valence-electron chi connectivity index (χ4n) is 3.68. The van der Waals surface area contributed by atoms with Crippen LogP contribution in [0.3, 0.4) is 0 Å². The van der Waals surface area contributed by atoms with E-state index in [0.717, 1.165) is 23.3 Å². The standard InChI is InChI=1S/C26H28N2O4/c1-30-25-10-6-5-9-23(25)27-26(29)28-14-16-32-24-12-11-21(17-22(24)18-28)19-31-15-13-20-7-3-2-4-8-20/h2-12,17H,13-16,18-19H2,1H3,(H,27,29). The number of para-hydroxylation sites is 2. The highest BCUT2D eigenvalue weighted by atomic mass is 16.5. The Bertz CT molecular complexity index is 1040. The molecule has 1 aliphatic rings. The Labute approximate surface area is 188 Å². The molecule has 4 rings (SSSR count). The molecule has 0 bridgehead atoms. The molecule has 0 atom stereocenters. The Hall–Kier alpha value is -3.51. The maximum Gasteiger partial charge on any atom is 0.322 e. The number of hydrogen-bond donors (Lipinski definition) is 1. The third kappa shape index (κ3) is 5.59. The topological polar surface area (TPSA) is 60.0 Å². The van der Waals surface area contributed by atoms with E-state index >= 15 is 0 Å². The molecular formula is C26H28N2O4. The first-order chi connectivity index (χ1) is 15.7. The number of rotatable bonds is 7. The first-order valence-corrected chi connectivity index (χ1v) is 10.8. The van der Waals surface area contributed by atoms with Crippen LogP contribution in [0.5, 0.6) is 11.5 Å². The molecule has 32 heavy (non-hydrogen) atoms. The summed E-state index contributed by atoms with van der Waals surface area (Å²) in [7, 11) is 1.59. The average Bonchev–Trinajstić information content (AvgIpc) is 3.05. The van der Waals surface area contributed by atoms with Crippen LogP contribution in [0.2, 0.25) is 0 Å². The number of ether oxygens (including phenoxy) is 3. The third-order valence-electron chi connectivity index (χ3n) is 5.39. The van der Waals surface area contributed by atoms with E-state index in [1.54, 1.807) is 12.0 Å². The molecule has 1 aliphatic heterocycles. The van der Waals surface area contributed by atoms with E-state index in [9.17, 15) is 4.79 Å². The smallest absolute Gasteiger partial charge is 0.322 e. The highest BCUT2D eigenvalue weighted by Crippen LogP contribution is 2.27.